The predicted octanol–water partition coefficient (Wildman–Crippen LogP) is 2.42. The van der Waals surface area contributed by atoms with Crippen LogP contribution in [0.3, 0.4) is 0 Å². The number of anilines is 2. The normalized spacial score (nSPS) is 9.85. The lowest BCUT2D eigenvalue weighted by Gasteiger charge is -2.05. The first-order valence-corrected chi connectivity index (χ1v) is 6.77. The van der Waals surface area contributed by atoms with Crippen LogP contribution >= 0.6 is 11.3 Å². The van der Waals surface area contributed by atoms with Crippen LogP contribution in [0.25, 0.3) is 0 Å². The van der Waals surface area contributed by atoms with Gasteiger partial charge in [-0.15, -0.1) is 0 Å². The zero-order chi connectivity index (χ0) is 14.4. The topological polar surface area (TPSA) is 83.1 Å². The van der Waals surface area contributed by atoms with Gasteiger partial charge in [-0.1, -0.05) is 41.7 Å². The van der Waals surface area contributed by atoms with Gasteiger partial charge in [-0.2, -0.15) is 0 Å². The van der Waals surface area contributed by atoms with Crippen LogP contribution < -0.4 is 16.0 Å². The first kappa shape index (κ1) is 14.0. The van der Waals surface area contributed by atoms with E-state index >= 15 is 0 Å². The van der Waals surface area contributed by atoms with Crippen LogP contribution in [0.5, 0.6) is 0 Å². The molecule has 6 nitrogen and oxygen atoms in total. The van der Waals surface area contributed by atoms with E-state index in [9.17, 15) is 9.59 Å². The molecule has 0 aliphatic carbocycles. The van der Waals surface area contributed by atoms with Crippen molar-refractivity contribution in [2.24, 2.45) is 0 Å². The highest BCUT2D eigenvalue weighted by Crippen LogP contribution is 2.22. The van der Waals surface area contributed by atoms with Gasteiger partial charge in [0.2, 0.25) is 5.91 Å². The van der Waals surface area contributed by atoms with Crippen LogP contribution in [0, 0.1) is 0 Å². The highest BCUT2D eigenvalue weighted by molar-refractivity contribution is 7.19. The van der Waals surface area contributed by atoms with Gasteiger partial charge in [0.05, 0.1) is 6.20 Å². The van der Waals surface area contributed by atoms with E-state index in [0.29, 0.717) is 16.7 Å². The molecule has 7 heteroatoms. The van der Waals surface area contributed by atoms with Crippen molar-refractivity contribution in [1.29, 1.82) is 0 Å². The highest BCUT2D eigenvalue weighted by atomic mass is 32.1. The van der Waals surface area contributed by atoms with E-state index in [2.05, 4.69) is 20.9 Å². The maximum atomic E-state index is 11.7. The summed E-state index contributed by atoms with van der Waals surface area (Å²) in [7, 11) is 0. The molecule has 1 aromatic carbocycles. The maximum Gasteiger partial charge on any atom is 0.321 e. The first-order chi connectivity index (χ1) is 9.63. The second-order valence-electron chi connectivity index (χ2n) is 4.00. The van der Waals surface area contributed by atoms with E-state index in [4.69, 9.17) is 0 Å². The molecular formula is C13H14N4O2S. The van der Waals surface area contributed by atoms with Gasteiger partial charge in [0.25, 0.3) is 0 Å². The number of carbonyl (C=O) groups excluding carboxylic acids is 2. The van der Waals surface area contributed by atoms with E-state index in [1.807, 2.05) is 30.3 Å². The summed E-state index contributed by atoms with van der Waals surface area (Å²) in [5.74, 6) is -0.172. The molecule has 0 saturated heterocycles. The minimum atomic E-state index is -0.336. The number of aromatic nitrogens is 1. The summed E-state index contributed by atoms with van der Waals surface area (Å²) in [6, 6.07) is 9.27. The number of hydrogen-bond donors (Lipinski definition) is 3. The summed E-state index contributed by atoms with van der Waals surface area (Å²) >= 11 is 1.20. The molecule has 2 aromatic rings. The number of benzene rings is 1. The molecule has 2 rings (SSSR count). The van der Waals surface area contributed by atoms with E-state index in [1.165, 1.54) is 24.5 Å². The fourth-order valence-electron chi connectivity index (χ4n) is 1.48. The molecular weight excluding hydrogens is 276 g/mol. The van der Waals surface area contributed by atoms with Gasteiger partial charge in [0.1, 0.15) is 5.00 Å². The Kier molecular flexibility index (Phi) is 4.67. The molecule has 3 N–H and O–H groups in total. The number of nitrogens with one attached hydrogen (secondary N) is 3. The van der Waals surface area contributed by atoms with Crippen molar-refractivity contribution in [3.8, 4) is 0 Å². The van der Waals surface area contributed by atoms with Crippen LogP contribution in [0.4, 0.5) is 14.9 Å². The van der Waals surface area contributed by atoms with Gasteiger partial charge < -0.3 is 10.6 Å². The van der Waals surface area contributed by atoms with Crippen molar-refractivity contribution in [2.75, 3.05) is 10.6 Å². The second-order valence-corrected chi connectivity index (χ2v) is 5.03. The summed E-state index contributed by atoms with van der Waals surface area (Å²) in [5.41, 5.74) is 1.01. The molecule has 0 saturated carbocycles. The minimum Gasteiger partial charge on any atom is -0.334 e. The van der Waals surface area contributed by atoms with Gasteiger partial charge >= 0.3 is 6.03 Å². The Bertz CT molecular complexity index is 597. The van der Waals surface area contributed by atoms with Crippen LogP contribution in [-0.4, -0.2) is 16.9 Å². The van der Waals surface area contributed by atoms with Crippen molar-refractivity contribution >= 4 is 33.4 Å². The summed E-state index contributed by atoms with van der Waals surface area (Å²) in [5, 5.41) is 8.96. The lowest BCUT2D eigenvalue weighted by Crippen LogP contribution is -2.28. The molecule has 0 bridgehead atoms. The Morgan fingerprint density at radius 3 is 2.65 bits per heavy atom. The first-order valence-electron chi connectivity index (χ1n) is 5.95. The molecule has 3 amide bonds. The quantitative estimate of drug-likeness (QED) is 0.808. The number of rotatable bonds is 4. The average Bonchev–Trinajstić information content (AvgIpc) is 2.84. The molecule has 1 aromatic heterocycles. The fraction of sp³-hybridized carbons (Fsp3) is 0.154. The number of carbonyl (C=O) groups is 2. The Labute approximate surface area is 120 Å². The number of amides is 3. The van der Waals surface area contributed by atoms with Gasteiger partial charge in [0, 0.05) is 13.5 Å². The number of thiazole rings is 1. The smallest absolute Gasteiger partial charge is 0.321 e. The minimum absolute atomic E-state index is 0.172. The molecule has 0 radical (unpaired) electrons. The highest BCUT2D eigenvalue weighted by Gasteiger charge is 2.06. The number of urea groups is 1. The maximum absolute atomic E-state index is 11.7. The third kappa shape index (κ3) is 4.36. The largest absolute Gasteiger partial charge is 0.334 e. The standard InChI is InChI=1S/C13H14N4O2S/c1-9(18)16-11-8-15-13(20-11)17-12(19)14-7-10-5-3-2-4-6-10/h2-6,8H,7H2,1H3,(H,16,18)(H2,14,15,17,19). The second kappa shape index (κ2) is 6.67. The Hall–Kier alpha value is -2.41. The molecule has 104 valence electrons. The number of hydrogen-bond acceptors (Lipinski definition) is 4. The van der Waals surface area contributed by atoms with Crippen LogP contribution in [0.15, 0.2) is 36.5 Å². The zero-order valence-electron chi connectivity index (χ0n) is 10.8. The molecule has 0 spiro atoms. The molecule has 0 fully saturated rings. The third-order valence-corrected chi connectivity index (χ3v) is 3.15. The van der Waals surface area contributed by atoms with Crippen molar-refractivity contribution in [3.05, 3.63) is 42.1 Å². The zero-order valence-corrected chi connectivity index (χ0v) is 11.7. The summed E-state index contributed by atoms with van der Waals surface area (Å²) in [6.45, 7) is 1.86. The van der Waals surface area contributed by atoms with Crippen molar-refractivity contribution < 1.29 is 9.59 Å². The lowest BCUT2D eigenvalue weighted by atomic mass is 10.2. The molecule has 0 aliphatic heterocycles. The molecule has 0 unspecified atom stereocenters. The van der Waals surface area contributed by atoms with E-state index in [-0.39, 0.29) is 11.9 Å². The van der Waals surface area contributed by atoms with Crippen molar-refractivity contribution in [2.45, 2.75) is 13.5 Å². The van der Waals surface area contributed by atoms with Gasteiger partial charge in [0.15, 0.2) is 5.13 Å². The monoisotopic (exact) mass is 290 g/mol. The van der Waals surface area contributed by atoms with Gasteiger partial charge in [-0.25, -0.2) is 9.78 Å². The third-order valence-electron chi connectivity index (χ3n) is 2.32. The summed E-state index contributed by atoms with van der Waals surface area (Å²) < 4.78 is 0. The van der Waals surface area contributed by atoms with Crippen LogP contribution in [0.1, 0.15) is 12.5 Å². The van der Waals surface area contributed by atoms with E-state index in [0.717, 1.165) is 5.56 Å². The number of nitrogens with zero attached hydrogens (tertiary/aromatic N) is 1. The molecule has 0 aliphatic rings. The van der Waals surface area contributed by atoms with Crippen molar-refractivity contribution in [3.63, 3.8) is 0 Å². The summed E-state index contributed by atoms with van der Waals surface area (Å²) in [4.78, 5) is 26.5. The van der Waals surface area contributed by atoms with Gasteiger partial charge in [-0.05, 0) is 5.56 Å². The van der Waals surface area contributed by atoms with Gasteiger partial charge in [-0.3, -0.25) is 10.1 Å². The Morgan fingerprint density at radius 2 is 1.95 bits per heavy atom. The fourth-order valence-corrected chi connectivity index (χ4v) is 2.24. The lowest BCUT2D eigenvalue weighted by molar-refractivity contribution is -0.114. The Morgan fingerprint density at radius 1 is 1.20 bits per heavy atom. The average molecular weight is 290 g/mol. The molecule has 0 atom stereocenters. The predicted molar refractivity (Wildman–Crippen MR) is 78.7 cm³/mol. The SMILES string of the molecule is CC(=O)Nc1cnc(NC(=O)NCc2ccccc2)s1. The van der Waals surface area contributed by atoms with E-state index in [1.54, 1.807) is 0 Å². The van der Waals surface area contributed by atoms with Crippen LogP contribution in [0.2, 0.25) is 0 Å². The Balaban J connectivity index is 1.82. The molecule has 1 heterocycles. The van der Waals surface area contributed by atoms with Crippen molar-refractivity contribution in [1.82, 2.24) is 10.3 Å². The summed E-state index contributed by atoms with van der Waals surface area (Å²) in [6.07, 6.45) is 1.50. The van der Waals surface area contributed by atoms with E-state index < -0.39 is 0 Å². The molecule has 20 heavy (non-hydrogen) atoms. The van der Waals surface area contributed by atoms with Crippen LogP contribution in [-0.2, 0) is 11.3 Å².